The maximum absolute atomic E-state index is 12.4. The second kappa shape index (κ2) is 7.53. The molecule has 0 spiro atoms. The minimum atomic E-state index is 0.0622. The van der Waals surface area contributed by atoms with Gasteiger partial charge in [0.1, 0.15) is 11.4 Å². The van der Waals surface area contributed by atoms with Crippen molar-refractivity contribution in [1.29, 1.82) is 0 Å². The molecule has 0 radical (unpaired) electrons. The Hall–Kier alpha value is -3.29. The third kappa shape index (κ3) is 3.79. The molecule has 4 rings (SSSR count). The number of ether oxygens (including phenoxy) is 1. The van der Waals surface area contributed by atoms with Crippen LogP contribution in [-0.4, -0.2) is 50.6 Å². The molecule has 1 aliphatic heterocycles. The predicted molar refractivity (Wildman–Crippen MR) is 96.0 cm³/mol. The lowest BCUT2D eigenvalue weighted by atomic mass is 9.99. The highest BCUT2D eigenvalue weighted by Gasteiger charge is 2.35. The number of rotatable bonds is 6. The van der Waals surface area contributed by atoms with Crippen molar-refractivity contribution in [1.82, 2.24) is 25.0 Å². The first-order valence-corrected chi connectivity index (χ1v) is 8.82. The topological polar surface area (TPSA) is 94.2 Å². The number of aromatic nitrogens is 4. The van der Waals surface area contributed by atoms with Crippen LogP contribution >= 0.6 is 0 Å². The molecule has 0 N–H and O–H groups in total. The van der Waals surface area contributed by atoms with Crippen LogP contribution in [0.2, 0.25) is 0 Å². The molecular formula is C19H19N5O3. The number of likely N-dealkylation sites (tertiary alicyclic amines) is 1. The van der Waals surface area contributed by atoms with Crippen molar-refractivity contribution in [3.63, 3.8) is 0 Å². The van der Waals surface area contributed by atoms with Gasteiger partial charge in [-0.15, -0.1) is 0 Å². The Kier molecular flexibility index (Phi) is 4.78. The summed E-state index contributed by atoms with van der Waals surface area (Å²) in [5.74, 6) is 1.90. The SMILES string of the molecule is CCOc1ccc(CC(=O)N2CC(c3nc(-c4cnccn4)no3)C2)cc1. The molecule has 3 aromatic rings. The summed E-state index contributed by atoms with van der Waals surface area (Å²) in [6.45, 7) is 3.73. The van der Waals surface area contributed by atoms with Crippen LogP contribution in [0.5, 0.6) is 5.75 Å². The van der Waals surface area contributed by atoms with Crippen LogP contribution in [0.4, 0.5) is 0 Å². The average Bonchev–Trinajstić information content (AvgIpc) is 3.13. The van der Waals surface area contributed by atoms with Crippen LogP contribution in [0.25, 0.3) is 11.5 Å². The summed E-state index contributed by atoms with van der Waals surface area (Å²) in [6, 6.07) is 7.62. The van der Waals surface area contributed by atoms with Gasteiger partial charge in [0.2, 0.25) is 17.6 Å². The molecule has 8 heteroatoms. The van der Waals surface area contributed by atoms with Gasteiger partial charge >= 0.3 is 0 Å². The van der Waals surface area contributed by atoms with Crippen LogP contribution < -0.4 is 4.74 Å². The number of benzene rings is 1. The zero-order chi connectivity index (χ0) is 18.6. The molecule has 1 fully saturated rings. The van der Waals surface area contributed by atoms with E-state index in [4.69, 9.17) is 9.26 Å². The Morgan fingerprint density at radius 3 is 2.78 bits per heavy atom. The number of nitrogens with zero attached hydrogens (tertiary/aromatic N) is 5. The van der Waals surface area contributed by atoms with E-state index in [1.165, 1.54) is 0 Å². The van der Waals surface area contributed by atoms with Crippen molar-refractivity contribution in [3.8, 4) is 17.3 Å². The Bertz CT molecular complexity index is 905. The molecule has 1 saturated heterocycles. The molecule has 3 heterocycles. The van der Waals surface area contributed by atoms with Gasteiger partial charge in [0, 0.05) is 25.5 Å². The molecule has 0 saturated carbocycles. The molecule has 2 aromatic heterocycles. The van der Waals surface area contributed by atoms with E-state index in [2.05, 4.69) is 20.1 Å². The first-order valence-electron chi connectivity index (χ1n) is 8.82. The van der Waals surface area contributed by atoms with Gasteiger partial charge in [-0.05, 0) is 24.6 Å². The van der Waals surface area contributed by atoms with Gasteiger partial charge in [0.05, 0.1) is 25.1 Å². The predicted octanol–water partition coefficient (Wildman–Crippen LogP) is 2.09. The summed E-state index contributed by atoms with van der Waals surface area (Å²) in [6.07, 6.45) is 5.12. The van der Waals surface area contributed by atoms with Crippen LogP contribution in [0, 0.1) is 0 Å². The van der Waals surface area contributed by atoms with Gasteiger partial charge in [-0.1, -0.05) is 17.3 Å². The summed E-state index contributed by atoms with van der Waals surface area (Å²) in [5, 5.41) is 3.95. The molecule has 0 atom stereocenters. The third-order valence-electron chi connectivity index (χ3n) is 4.41. The van der Waals surface area contributed by atoms with Crippen molar-refractivity contribution in [3.05, 3.63) is 54.3 Å². The van der Waals surface area contributed by atoms with Crippen LogP contribution in [-0.2, 0) is 11.2 Å². The lowest BCUT2D eigenvalue weighted by Gasteiger charge is -2.37. The minimum Gasteiger partial charge on any atom is -0.494 e. The van der Waals surface area contributed by atoms with E-state index >= 15 is 0 Å². The quantitative estimate of drug-likeness (QED) is 0.660. The lowest BCUT2D eigenvalue weighted by molar-refractivity contribution is -0.135. The molecule has 0 unspecified atom stereocenters. The molecular weight excluding hydrogens is 346 g/mol. The number of carbonyl (C=O) groups excluding carboxylic acids is 1. The smallest absolute Gasteiger partial charge is 0.233 e. The normalized spacial score (nSPS) is 14.0. The maximum Gasteiger partial charge on any atom is 0.233 e. The van der Waals surface area contributed by atoms with E-state index in [0.717, 1.165) is 11.3 Å². The van der Waals surface area contributed by atoms with Crippen molar-refractivity contribution >= 4 is 5.91 Å². The van der Waals surface area contributed by atoms with E-state index in [-0.39, 0.29) is 11.8 Å². The highest BCUT2D eigenvalue weighted by Crippen LogP contribution is 2.27. The van der Waals surface area contributed by atoms with Gasteiger partial charge < -0.3 is 14.2 Å². The Morgan fingerprint density at radius 1 is 1.26 bits per heavy atom. The van der Waals surface area contributed by atoms with Gasteiger partial charge in [0.15, 0.2) is 0 Å². The molecule has 8 nitrogen and oxygen atoms in total. The van der Waals surface area contributed by atoms with Crippen molar-refractivity contribution < 1.29 is 14.1 Å². The zero-order valence-electron chi connectivity index (χ0n) is 14.9. The van der Waals surface area contributed by atoms with E-state index in [1.807, 2.05) is 31.2 Å². The molecule has 0 bridgehead atoms. The first kappa shape index (κ1) is 17.1. The van der Waals surface area contributed by atoms with Crippen LogP contribution in [0.15, 0.2) is 47.4 Å². The van der Waals surface area contributed by atoms with Gasteiger partial charge in [-0.3, -0.25) is 9.78 Å². The van der Waals surface area contributed by atoms with Crippen LogP contribution in [0.1, 0.15) is 24.3 Å². The number of hydrogen-bond acceptors (Lipinski definition) is 7. The Labute approximate surface area is 156 Å². The molecule has 138 valence electrons. The molecule has 1 aromatic carbocycles. The van der Waals surface area contributed by atoms with Crippen molar-refractivity contribution in [2.75, 3.05) is 19.7 Å². The second-order valence-electron chi connectivity index (χ2n) is 6.30. The number of hydrogen-bond donors (Lipinski definition) is 0. The first-order chi connectivity index (χ1) is 13.2. The maximum atomic E-state index is 12.4. The summed E-state index contributed by atoms with van der Waals surface area (Å²) < 4.78 is 10.7. The Morgan fingerprint density at radius 2 is 2.07 bits per heavy atom. The fourth-order valence-electron chi connectivity index (χ4n) is 2.91. The summed E-state index contributed by atoms with van der Waals surface area (Å²) in [5.41, 5.74) is 1.53. The highest BCUT2D eigenvalue weighted by molar-refractivity contribution is 5.79. The zero-order valence-corrected chi connectivity index (χ0v) is 14.9. The monoisotopic (exact) mass is 365 g/mol. The summed E-state index contributed by atoms with van der Waals surface area (Å²) in [4.78, 5) is 26.7. The lowest BCUT2D eigenvalue weighted by Crippen LogP contribution is -2.49. The van der Waals surface area contributed by atoms with Gasteiger partial charge in [-0.2, -0.15) is 4.98 Å². The fraction of sp³-hybridized carbons (Fsp3) is 0.316. The average molecular weight is 365 g/mol. The molecule has 27 heavy (non-hydrogen) atoms. The standard InChI is InChI=1S/C19H19N5O3/c1-2-26-15-5-3-13(4-6-15)9-17(25)24-11-14(12-24)19-22-18(23-27-19)16-10-20-7-8-21-16/h3-8,10,14H,2,9,11-12H2,1H3. The Balaban J connectivity index is 1.31. The summed E-state index contributed by atoms with van der Waals surface area (Å²) in [7, 11) is 0. The van der Waals surface area contributed by atoms with Gasteiger partial charge in [-0.25, -0.2) is 4.98 Å². The molecule has 1 aliphatic rings. The largest absolute Gasteiger partial charge is 0.494 e. The van der Waals surface area contributed by atoms with E-state index in [9.17, 15) is 4.79 Å². The minimum absolute atomic E-state index is 0.0622. The third-order valence-corrected chi connectivity index (χ3v) is 4.41. The van der Waals surface area contributed by atoms with E-state index in [1.54, 1.807) is 23.5 Å². The number of amides is 1. The molecule has 0 aliphatic carbocycles. The second-order valence-corrected chi connectivity index (χ2v) is 6.30. The summed E-state index contributed by atoms with van der Waals surface area (Å²) >= 11 is 0. The van der Waals surface area contributed by atoms with E-state index in [0.29, 0.717) is 43.5 Å². The van der Waals surface area contributed by atoms with Crippen molar-refractivity contribution in [2.24, 2.45) is 0 Å². The van der Waals surface area contributed by atoms with Crippen molar-refractivity contribution in [2.45, 2.75) is 19.3 Å². The highest BCUT2D eigenvalue weighted by atomic mass is 16.5. The molecule has 1 amide bonds. The number of carbonyl (C=O) groups is 1. The fourth-order valence-corrected chi connectivity index (χ4v) is 2.91. The van der Waals surface area contributed by atoms with Gasteiger partial charge in [0.25, 0.3) is 0 Å². The van der Waals surface area contributed by atoms with E-state index < -0.39 is 0 Å². The van der Waals surface area contributed by atoms with Crippen LogP contribution in [0.3, 0.4) is 0 Å².